The van der Waals surface area contributed by atoms with Gasteiger partial charge in [-0.15, -0.1) is 0 Å². The van der Waals surface area contributed by atoms with Gasteiger partial charge in [-0.1, -0.05) is 11.6 Å². The topological polar surface area (TPSA) is 123 Å². The van der Waals surface area contributed by atoms with Gasteiger partial charge in [0.1, 0.15) is 11.6 Å². The van der Waals surface area contributed by atoms with Crippen molar-refractivity contribution in [2.45, 2.75) is 44.6 Å². The highest BCUT2D eigenvalue weighted by Gasteiger charge is 2.31. The van der Waals surface area contributed by atoms with Crippen LogP contribution in [-0.2, 0) is 26.0 Å². The van der Waals surface area contributed by atoms with Crippen molar-refractivity contribution in [3.8, 4) is 11.3 Å². The van der Waals surface area contributed by atoms with Crippen molar-refractivity contribution in [1.82, 2.24) is 19.7 Å². The number of carbonyl (C=O) groups excluding carboxylic acids is 1. The third kappa shape index (κ3) is 6.94. The third-order valence-electron chi connectivity index (χ3n) is 6.36. The summed E-state index contributed by atoms with van der Waals surface area (Å²) in [6.45, 7) is 2.39. The van der Waals surface area contributed by atoms with Gasteiger partial charge in [0.25, 0.3) is 0 Å². The zero-order valence-corrected chi connectivity index (χ0v) is 20.7. The first kappa shape index (κ1) is 25.0. The van der Waals surface area contributed by atoms with Crippen LogP contribution < -0.4 is 10.0 Å². The van der Waals surface area contributed by atoms with Crippen LogP contribution in [0.3, 0.4) is 0 Å². The van der Waals surface area contributed by atoms with Gasteiger partial charge >= 0.3 is 0 Å². The molecule has 1 saturated heterocycles. The molecule has 4 rings (SSSR count). The number of nitrogens with one attached hydrogen (secondary N) is 2. The highest BCUT2D eigenvalue weighted by Crippen LogP contribution is 2.30. The van der Waals surface area contributed by atoms with Crippen LogP contribution in [0, 0.1) is 11.8 Å². The first-order valence-corrected chi connectivity index (χ1v) is 13.8. The summed E-state index contributed by atoms with van der Waals surface area (Å²) < 4.78 is 30.9. The second-order valence-corrected chi connectivity index (χ2v) is 11.3. The highest BCUT2D eigenvalue weighted by atomic mass is 35.5. The molecule has 0 unspecified atom stereocenters. The molecule has 34 heavy (non-hydrogen) atoms. The molecule has 2 aliphatic rings. The van der Waals surface area contributed by atoms with E-state index in [1.54, 1.807) is 18.5 Å². The lowest BCUT2D eigenvalue weighted by atomic mass is 9.97. The molecule has 0 aromatic carbocycles. The van der Waals surface area contributed by atoms with Gasteiger partial charge in [-0.2, -0.15) is 0 Å². The molecule has 9 nitrogen and oxygen atoms in total. The van der Waals surface area contributed by atoms with Crippen LogP contribution in [0.25, 0.3) is 11.3 Å². The van der Waals surface area contributed by atoms with Gasteiger partial charge in [-0.25, -0.2) is 18.1 Å². The number of aromatic nitrogens is 3. The SMILES string of the molecule is CS(=O)(=O)N[C@@H]1CC[C@H](C(=O)Cc2cc(-c3cncc(NCC4CCOCC4)n3)c(Cl)cn2)C1. The fourth-order valence-corrected chi connectivity index (χ4v) is 5.58. The van der Waals surface area contributed by atoms with E-state index in [1.807, 2.05) is 0 Å². The number of nitrogens with zero attached hydrogens (tertiary/aromatic N) is 3. The number of pyridine rings is 1. The van der Waals surface area contributed by atoms with Gasteiger partial charge < -0.3 is 10.1 Å². The quantitative estimate of drug-likeness (QED) is 0.531. The first-order chi connectivity index (χ1) is 16.3. The Morgan fingerprint density at radius 1 is 1.18 bits per heavy atom. The standard InChI is InChI=1S/C23H30ClN5O4S/c1-34(31,32)29-17-3-2-16(8-17)22(30)10-18-9-19(20(24)12-26-18)21-13-25-14-23(28-21)27-11-15-4-6-33-7-5-15/h9,12-17,29H,2-8,10-11H2,1H3,(H,27,28)/t16-,17+/m0/s1. The molecule has 0 bridgehead atoms. The number of ketones is 1. The Kier molecular flexibility index (Phi) is 8.13. The lowest BCUT2D eigenvalue weighted by Crippen LogP contribution is -2.32. The van der Waals surface area contributed by atoms with Gasteiger partial charge in [-0.05, 0) is 44.1 Å². The maximum absolute atomic E-state index is 12.9. The van der Waals surface area contributed by atoms with E-state index >= 15 is 0 Å². The van der Waals surface area contributed by atoms with Crippen LogP contribution in [0.5, 0.6) is 0 Å². The molecule has 184 valence electrons. The van der Waals surface area contributed by atoms with E-state index in [4.69, 9.17) is 16.3 Å². The Morgan fingerprint density at radius 2 is 1.97 bits per heavy atom. The Labute approximate surface area is 205 Å². The molecule has 0 radical (unpaired) electrons. The summed E-state index contributed by atoms with van der Waals surface area (Å²) >= 11 is 6.41. The minimum Gasteiger partial charge on any atom is -0.381 e. The highest BCUT2D eigenvalue weighted by molar-refractivity contribution is 7.88. The monoisotopic (exact) mass is 507 g/mol. The van der Waals surface area contributed by atoms with Crippen molar-refractivity contribution in [1.29, 1.82) is 0 Å². The number of hydrogen-bond acceptors (Lipinski definition) is 8. The number of carbonyl (C=O) groups is 1. The molecule has 1 aliphatic carbocycles. The molecule has 11 heteroatoms. The molecular weight excluding hydrogens is 478 g/mol. The van der Waals surface area contributed by atoms with E-state index in [0.29, 0.717) is 53.0 Å². The molecule has 1 aliphatic heterocycles. The Bertz CT molecular complexity index is 1120. The van der Waals surface area contributed by atoms with Crippen molar-refractivity contribution in [3.05, 3.63) is 35.4 Å². The summed E-state index contributed by atoms with van der Waals surface area (Å²) in [5.74, 6) is 1.09. The van der Waals surface area contributed by atoms with E-state index < -0.39 is 10.0 Å². The van der Waals surface area contributed by atoms with Crippen molar-refractivity contribution >= 4 is 33.2 Å². The van der Waals surface area contributed by atoms with Crippen LogP contribution in [-0.4, -0.2) is 61.2 Å². The van der Waals surface area contributed by atoms with Gasteiger partial charge in [0, 0.05) is 55.6 Å². The lowest BCUT2D eigenvalue weighted by molar-refractivity contribution is -0.122. The molecular formula is C23H30ClN5O4S. The predicted molar refractivity (Wildman–Crippen MR) is 130 cm³/mol. The van der Waals surface area contributed by atoms with Crippen molar-refractivity contribution in [2.24, 2.45) is 11.8 Å². The number of Topliss-reactive ketones (excluding diaryl/α,β-unsaturated/α-hetero) is 1. The van der Waals surface area contributed by atoms with E-state index in [-0.39, 0.29) is 24.2 Å². The second-order valence-electron chi connectivity index (χ2n) is 9.12. The number of sulfonamides is 1. The predicted octanol–water partition coefficient (Wildman–Crippen LogP) is 2.86. The molecule has 2 fully saturated rings. The zero-order chi connectivity index (χ0) is 24.1. The number of hydrogen-bond donors (Lipinski definition) is 2. The molecule has 2 atom stereocenters. The summed E-state index contributed by atoms with van der Waals surface area (Å²) in [5.41, 5.74) is 1.88. The molecule has 1 saturated carbocycles. The third-order valence-corrected chi connectivity index (χ3v) is 7.42. The summed E-state index contributed by atoms with van der Waals surface area (Å²) in [7, 11) is -3.28. The molecule has 0 spiro atoms. The van der Waals surface area contributed by atoms with Crippen molar-refractivity contribution in [2.75, 3.05) is 31.3 Å². The largest absolute Gasteiger partial charge is 0.381 e. The molecule has 0 amide bonds. The van der Waals surface area contributed by atoms with Gasteiger partial charge in [-0.3, -0.25) is 14.8 Å². The molecule has 2 N–H and O–H groups in total. The van der Waals surface area contributed by atoms with Gasteiger partial charge in [0.05, 0.1) is 29.4 Å². The normalized spacial score (nSPS) is 21.5. The summed E-state index contributed by atoms with van der Waals surface area (Å²) in [4.78, 5) is 26.2. The van der Waals surface area contributed by atoms with Crippen LogP contribution in [0.2, 0.25) is 5.02 Å². The van der Waals surface area contributed by atoms with Gasteiger partial charge in [0.2, 0.25) is 10.0 Å². The van der Waals surface area contributed by atoms with Gasteiger partial charge in [0.15, 0.2) is 0 Å². The number of anilines is 1. The molecule has 3 heterocycles. The lowest BCUT2D eigenvalue weighted by Gasteiger charge is -2.22. The van der Waals surface area contributed by atoms with Crippen LogP contribution in [0.4, 0.5) is 5.82 Å². The number of ether oxygens (including phenoxy) is 1. The first-order valence-electron chi connectivity index (χ1n) is 11.6. The fraction of sp³-hybridized carbons (Fsp3) is 0.565. The zero-order valence-electron chi connectivity index (χ0n) is 19.2. The van der Waals surface area contributed by atoms with E-state index in [0.717, 1.165) is 38.9 Å². The van der Waals surface area contributed by atoms with Crippen molar-refractivity contribution < 1.29 is 17.9 Å². The average Bonchev–Trinajstić information content (AvgIpc) is 3.27. The van der Waals surface area contributed by atoms with E-state index in [9.17, 15) is 13.2 Å². The van der Waals surface area contributed by atoms with Crippen LogP contribution >= 0.6 is 11.6 Å². The number of rotatable bonds is 9. The Morgan fingerprint density at radius 3 is 2.74 bits per heavy atom. The second kappa shape index (κ2) is 11.1. The van der Waals surface area contributed by atoms with Crippen molar-refractivity contribution in [3.63, 3.8) is 0 Å². The molecule has 2 aromatic rings. The minimum atomic E-state index is -3.28. The van der Waals surface area contributed by atoms with Crippen LogP contribution in [0.15, 0.2) is 24.7 Å². The smallest absolute Gasteiger partial charge is 0.208 e. The minimum absolute atomic E-state index is 0.0523. The Balaban J connectivity index is 1.40. The number of halogens is 1. The van der Waals surface area contributed by atoms with E-state index in [2.05, 4.69) is 25.0 Å². The maximum Gasteiger partial charge on any atom is 0.208 e. The van der Waals surface area contributed by atoms with E-state index in [1.165, 1.54) is 6.20 Å². The summed E-state index contributed by atoms with van der Waals surface area (Å²) in [6.07, 6.45) is 10.1. The Hall–Kier alpha value is -2.14. The average molecular weight is 508 g/mol. The molecule has 2 aromatic heterocycles. The fourth-order valence-electron chi connectivity index (χ4n) is 4.56. The maximum atomic E-state index is 12.9. The summed E-state index contributed by atoms with van der Waals surface area (Å²) in [5, 5.41) is 3.79. The van der Waals surface area contributed by atoms with Crippen LogP contribution in [0.1, 0.15) is 37.8 Å². The summed E-state index contributed by atoms with van der Waals surface area (Å²) in [6, 6.07) is 1.59.